The molecule has 2 aromatic heterocycles. The maximum absolute atomic E-state index is 6.34. The van der Waals surface area contributed by atoms with E-state index in [4.69, 9.17) is 16.6 Å². The zero-order valence-corrected chi connectivity index (χ0v) is 13.3. The summed E-state index contributed by atoms with van der Waals surface area (Å²) in [5.41, 5.74) is 4.27. The first-order valence-corrected chi connectivity index (χ1v) is 7.65. The molecule has 4 nitrogen and oxygen atoms in total. The molecule has 0 aliphatic carbocycles. The van der Waals surface area contributed by atoms with E-state index in [1.54, 1.807) is 0 Å². The summed E-state index contributed by atoms with van der Waals surface area (Å²) in [4.78, 5) is 4.75. The first-order chi connectivity index (χ1) is 10.1. The Hall–Kier alpha value is -1.81. The summed E-state index contributed by atoms with van der Waals surface area (Å²) < 4.78 is 4.08. The van der Waals surface area contributed by atoms with Crippen molar-refractivity contribution in [2.45, 2.75) is 32.2 Å². The summed E-state index contributed by atoms with van der Waals surface area (Å²) >= 11 is 6.34. The van der Waals surface area contributed by atoms with Crippen LogP contribution in [-0.4, -0.2) is 19.3 Å². The van der Waals surface area contributed by atoms with E-state index in [0.717, 1.165) is 35.6 Å². The van der Waals surface area contributed by atoms with Gasteiger partial charge in [-0.1, -0.05) is 37.3 Å². The van der Waals surface area contributed by atoms with Gasteiger partial charge in [-0.3, -0.25) is 4.68 Å². The van der Waals surface area contributed by atoms with Gasteiger partial charge in [-0.2, -0.15) is 5.10 Å². The lowest BCUT2D eigenvalue weighted by molar-refractivity contribution is 0.683. The molecule has 3 rings (SSSR count). The van der Waals surface area contributed by atoms with E-state index in [9.17, 15) is 0 Å². The topological polar surface area (TPSA) is 35.6 Å². The van der Waals surface area contributed by atoms with Crippen molar-refractivity contribution >= 4 is 22.8 Å². The van der Waals surface area contributed by atoms with Gasteiger partial charge in [0.2, 0.25) is 0 Å². The lowest BCUT2D eigenvalue weighted by Gasteiger charge is -2.11. The molecule has 0 saturated carbocycles. The van der Waals surface area contributed by atoms with Gasteiger partial charge in [0.1, 0.15) is 11.3 Å². The minimum Gasteiger partial charge on any atom is -0.307 e. The Bertz CT molecular complexity index is 756. The molecule has 0 aliphatic heterocycles. The number of hydrogen-bond acceptors (Lipinski definition) is 2. The SMILES string of the molecule is CCc1nn(C)c2c1nc(C(C)Cl)n2Cc1ccccc1. The van der Waals surface area contributed by atoms with E-state index in [1.807, 2.05) is 36.9 Å². The van der Waals surface area contributed by atoms with Crippen LogP contribution in [0.3, 0.4) is 0 Å². The van der Waals surface area contributed by atoms with Crippen LogP contribution in [0.15, 0.2) is 30.3 Å². The third kappa shape index (κ3) is 2.44. The summed E-state index contributed by atoms with van der Waals surface area (Å²) in [5.74, 6) is 0.901. The molecular weight excluding hydrogens is 284 g/mol. The van der Waals surface area contributed by atoms with Crippen LogP contribution in [-0.2, 0) is 20.0 Å². The molecule has 0 spiro atoms. The maximum Gasteiger partial charge on any atom is 0.159 e. The third-order valence-corrected chi connectivity index (χ3v) is 3.89. The van der Waals surface area contributed by atoms with Crippen LogP contribution in [0.1, 0.15) is 36.3 Å². The standard InChI is InChI=1S/C16H19ClN4/c1-4-13-14-16(20(3)19-13)21(15(18-14)11(2)17)10-12-8-6-5-7-9-12/h5-9,11H,4,10H2,1-3H3. The number of aryl methyl sites for hydroxylation is 2. The molecule has 21 heavy (non-hydrogen) atoms. The molecule has 1 aromatic carbocycles. The van der Waals surface area contributed by atoms with Gasteiger partial charge >= 0.3 is 0 Å². The van der Waals surface area contributed by atoms with Crippen molar-refractivity contribution in [2.75, 3.05) is 0 Å². The van der Waals surface area contributed by atoms with Crippen molar-refractivity contribution in [3.63, 3.8) is 0 Å². The van der Waals surface area contributed by atoms with Crippen molar-refractivity contribution < 1.29 is 0 Å². The van der Waals surface area contributed by atoms with Gasteiger partial charge in [0.25, 0.3) is 0 Å². The molecule has 1 unspecified atom stereocenters. The van der Waals surface area contributed by atoms with Crippen molar-refractivity contribution in [1.29, 1.82) is 0 Å². The summed E-state index contributed by atoms with van der Waals surface area (Å²) in [7, 11) is 1.97. The molecule has 2 heterocycles. The van der Waals surface area contributed by atoms with Gasteiger partial charge < -0.3 is 4.57 Å². The zero-order valence-electron chi connectivity index (χ0n) is 12.5. The fraction of sp³-hybridized carbons (Fsp3) is 0.375. The number of imidazole rings is 1. The van der Waals surface area contributed by atoms with E-state index in [-0.39, 0.29) is 5.38 Å². The second-order valence-electron chi connectivity index (χ2n) is 5.25. The molecule has 0 N–H and O–H groups in total. The maximum atomic E-state index is 6.34. The Labute approximate surface area is 129 Å². The largest absolute Gasteiger partial charge is 0.307 e. The van der Waals surface area contributed by atoms with Crippen LogP contribution in [0, 0.1) is 0 Å². The van der Waals surface area contributed by atoms with Gasteiger partial charge in [0.05, 0.1) is 17.6 Å². The quantitative estimate of drug-likeness (QED) is 0.689. The summed E-state index contributed by atoms with van der Waals surface area (Å²) in [6, 6.07) is 10.4. The van der Waals surface area contributed by atoms with Crippen LogP contribution in [0.2, 0.25) is 0 Å². The van der Waals surface area contributed by atoms with E-state index in [2.05, 4.69) is 28.7 Å². The van der Waals surface area contributed by atoms with Crippen LogP contribution in [0.4, 0.5) is 0 Å². The van der Waals surface area contributed by atoms with Gasteiger partial charge in [0, 0.05) is 7.05 Å². The molecule has 0 amide bonds. The van der Waals surface area contributed by atoms with E-state index in [1.165, 1.54) is 5.56 Å². The lowest BCUT2D eigenvalue weighted by Crippen LogP contribution is -2.09. The number of rotatable bonds is 4. The monoisotopic (exact) mass is 302 g/mol. The van der Waals surface area contributed by atoms with Crippen LogP contribution >= 0.6 is 11.6 Å². The van der Waals surface area contributed by atoms with Crippen molar-refractivity contribution in [2.24, 2.45) is 7.05 Å². The van der Waals surface area contributed by atoms with E-state index >= 15 is 0 Å². The zero-order chi connectivity index (χ0) is 15.0. The normalized spacial score (nSPS) is 13.0. The average molecular weight is 303 g/mol. The summed E-state index contributed by atoms with van der Waals surface area (Å²) in [6.07, 6.45) is 0.871. The molecule has 3 aromatic rings. The number of benzene rings is 1. The first-order valence-electron chi connectivity index (χ1n) is 7.21. The molecule has 0 saturated heterocycles. The Balaban J connectivity index is 2.18. The second kappa shape index (κ2) is 5.53. The number of alkyl halides is 1. The highest BCUT2D eigenvalue weighted by molar-refractivity contribution is 6.20. The fourth-order valence-electron chi connectivity index (χ4n) is 2.72. The Morgan fingerprint density at radius 1 is 1.24 bits per heavy atom. The van der Waals surface area contributed by atoms with Gasteiger partial charge in [-0.15, -0.1) is 11.6 Å². The van der Waals surface area contributed by atoms with Crippen molar-refractivity contribution in [1.82, 2.24) is 19.3 Å². The van der Waals surface area contributed by atoms with Gasteiger partial charge in [0.15, 0.2) is 5.65 Å². The van der Waals surface area contributed by atoms with Crippen LogP contribution in [0.25, 0.3) is 11.2 Å². The molecule has 5 heteroatoms. The first kappa shape index (κ1) is 14.1. The summed E-state index contributed by atoms with van der Waals surface area (Å²) in [5, 5.41) is 4.43. The average Bonchev–Trinajstić information content (AvgIpc) is 2.99. The minimum atomic E-state index is -0.134. The number of fused-ring (bicyclic) bond motifs is 1. The van der Waals surface area contributed by atoms with Crippen molar-refractivity contribution in [3.8, 4) is 0 Å². The van der Waals surface area contributed by atoms with E-state index in [0.29, 0.717) is 0 Å². The molecule has 1 atom stereocenters. The number of halogens is 1. The smallest absolute Gasteiger partial charge is 0.159 e. The predicted octanol–water partition coefficient (Wildman–Crippen LogP) is 3.68. The number of aromatic nitrogens is 4. The molecular formula is C16H19ClN4. The molecule has 110 valence electrons. The minimum absolute atomic E-state index is 0.134. The van der Waals surface area contributed by atoms with Crippen molar-refractivity contribution in [3.05, 3.63) is 47.4 Å². The van der Waals surface area contributed by atoms with Crippen LogP contribution < -0.4 is 0 Å². The summed E-state index contributed by atoms with van der Waals surface area (Å²) in [6.45, 7) is 4.82. The number of nitrogens with zero attached hydrogens (tertiary/aromatic N) is 4. The van der Waals surface area contributed by atoms with Crippen LogP contribution in [0.5, 0.6) is 0 Å². The number of hydrogen-bond donors (Lipinski definition) is 0. The molecule has 0 fully saturated rings. The van der Waals surface area contributed by atoms with Gasteiger partial charge in [-0.25, -0.2) is 4.98 Å². The Morgan fingerprint density at radius 3 is 2.57 bits per heavy atom. The second-order valence-corrected chi connectivity index (χ2v) is 5.91. The predicted molar refractivity (Wildman–Crippen MR) is 85.7 cm³/mol. The Morgan fingerprint density at radius 2 is 1.95 bits per heavy atom. The highest BCUT2D eigenvalue weighted by Crippen LogP contribution is 2.27. The Kier molecular flexibility index (Phi) is 3.72. The highest BCUT2D eigenvalue weighted by atomic mass is 35.5. The van der Waals surface area contributed by atoms with E-state index < -0.39 is 0 Å². The fourth-order valence-corrected chi connectivity index (χ4v) is 2.89. The molecule has 0 aliphatic rings. The molecule has 0 bridgehead atoms. The molecule has 0 radical (unpaired) electrons. The van der Waals surface area contributed by atoms with Gasteiger partial charge in [-0.05, 0) is 18.9 Å². The highest BCUT2D eigenvalue weighted by Gasteiger charge is 2.20. The lowest BCUT2D eigenvalue weighted by atomic mass is 10.2. The third-order valence-electron chi connectivity index (χ3n) is 3.70.